The SMILES string of the molecule is C[C@@H]1[C@H](c2ccccc2)OC(=O)N1C=C=O. The standard InChI is InChI=1S/C12H11NO3/c1-9-11(10-5-3-2-4-6-10)16-12(15)13(9)7-8-14/h2-7,9,11H,1H3/t9-,11-/m1/s1. The lowest BCUT2D eigenvalue weighted by molar-refractivity contribution is 0.132. The van der Waals surface area contributed by atoms with Crippen LogP contribution >= 0.6 is 0 Å². The van der Waals surface area contributed by atoms with E-state index in [0.717, 1.165) is 11.8 Å². The van der Waals surface area contributed by atoms with Gasteiger partial charge in [-0.3, -0.25) is 4.90 Å². The van der Waals surface area contributed by atoms with Gasteiger partial charge in [-0.2, -0.15) is 0 Å². The molecular formula is C12H11NO3. The van der Waals surface area contributed by atoms with Gasteiger partial charge in [0.05, 0.1) is 12.2 Å². The summed E-state index contributed by atoms with van der Waals surface area (Å²) in [5.74, 6) is 1.59. The quantitative estimate of drug-likeness (QED) is 0.711. The molecule has 2 atom stereocenters. The van der Waals surface area contributed by atoms with Crippen molar-refractivity contribution in [3.63, 3.8) is 0 Å². The highest BCUT2D eigenvalue weighted by Gasteiger charge is 2.38. The van der Waals surface area contributed by atoms with E-state index in [2.05, 4.69) is 0 Å². The second-order valence-corrected chi connectivity index (χ2v) is 3.61. The van der Waals surface area contributed by atoms with E-state index in [1.165, 1.54) is 4.90 Å². The number of nitrogens with zero attached hydrogens (tertiary/aromatic N) is 1. The lowest BCUT2D eigenvalue weighted by Gasteiger charge is -2.16. The fraction of sp³-hybridized carbons (Fsp3) is 0.250. The number of cyclic esters (lactones) is 1. The van der Waals surface area contributed by atoms with Crippen LogP contribution in [0.3, 0.4) is 0 Å². The molecule has 1 fully saturated rings. The van der Waals surface area contributed by atoms with Crippen molar-refractivity contribution in [1.82, 2.24) is 4.90 Å². The molecule has 16 heavy (non-hydrogen) atoms. The van der Waals surface area contributed by atoms with Crippen molar-refractivity contribution in [2.45, 2.75) is 19.1 Å². The summed E-state index contributed by atoms with van der Waals surface area (Å²) in [6.45, 7) is 1.83. The molecule has 1 amide bonds. The Bertz CT molecular complexity index is 437. The van der Waals surface area contributed by atoms with Gasteiger partial charge in [-0.1, -0.05) is 30.3 Å². The molecule has 0 aromatic heterocycles. The predicted octanol–water partition coefficient (Wildman–Crippen LogP) is 1.91. The molecule has 0 saturated carbocycles. The third-order valence-corrected chi connectivity index (χ3v) is 2.64. The second kappa shape index (κ2) is 4.21. The summed E-state index contributed by atoms with van der Waals surface area (Å²) in [6.07, 6.45) is 0.235. The monoisotopic (exact) mass is 217 g/mol. The topological polar surface area (TPSA) is 46.6 Å². The van der Waals surface area contributed by atoms with Crippen molar-refractivity contribution in [2.75, 3.05) is 0 Å². The molecule has 0 unspecified atom stereocenters. The van der Waals surface area contributed by atoms with Gasteiger partial charge in [-0.15, -0.1) is 0 Å². The average Bonchev–Trinajstić information content (AvgIpc) is 2.59. The summed E-state index contributed by atoms with van der Waals surface area (Å²) >= 11 is 0. The Balaban J connectivity index is 2.27. The van der Waals surface area contributed by atoms with E-state index in [0.29, 0.717) is 0 Å². The number of rotatable bonds is 2. The van der Waals surface area contributed by atoms with Gasteiger partial charge in [0.25, 0.3) is 0 Å². The van der Waals surface area contributed by atoms with Gasteiger partial charge in [0.15, 0.2) is 0 Å². The van der Waals surface area contributed by atoms with Crippen LogP contribution in [-0.2, 0) is 9.53 Å². The van der Waals surface area contributed by atoms with Crippen molar-refractivity contribution >= 4 is 12.0 Å². The van der Waals surface area contributed by atoms with Gasteiger partial charge in [0, 0.05) is 0 Å². The minimum atomic E-state index is -0.510. The first kappa shape index (κ1) is 10.5. The van der Waals surface area contributed by atoms with Gasteiger partial charge >= 0.3 is 6.09 Å². The van der Waals surface area contributed by atoms with Gasteiger partial charge in [-0.25, -0.2) is 9.59 Å². The normalized spacial score (nSPS) is 23.8. The molecule has 0 aliphatic carbocycles. The predicted molar refractivity (Wildman–Crippen MR) is 57.2 cm³/mol. The molecule has 1 saturated heterocycles. The Labute approximate surface area is 93.1 Å². The molecule has 4 nitrogen and oxygen atoms in total. The van der Waals surface area contributed by atoms with Crippen LogP contribution in [0.4, 0.5) is 4.79 Å². The van der Waals surface area contributed by atoms with Gasteiger partial charge < -0.3 is 4.74 Å². The summed E-state index contributed by atoms with van der Waals surface area (Å²) in [7, 11) is 0. The van der Waals surface area contributed by atoms with E-state index in [1.54, 1.807) is 5.94 Å². The molecule has 1 aliphatic heterocycles. The van der Waals surface area contributed by atoms with Gasteiger partial charge in [-0.05, 0) is 12.5 Å². The van der Waals surface area contributed by atoms with Crippen molar-refractivity contribution in [3.05, 3.63) is 42.1 Å². The third-order valence-electron chi connectivity index (χ3n) is 2.64. The molecule has 1 heterocycles. The number of ether oxygens (including phenoxy) is 1. The minimum absolute atomic E-state index is 0.198. The fourth-order valence-corrected chi connectivity index (χ4v) is 1.80. The average molecular weight is 217 g/mol. The molecule has 1 aliphatic rings. The summed E-state index contributed by atoms with van der Waals surface area (Å²) < 4.78 is 5.20. The first-order chi connectivity index (χ1) is 7.74. The molecule has 82 valence electrons. The Morgan fingerprint density at radius 3 is 2.69 bits per heavy atom. The number of hydrogen-bond donors (Lipinski definition) is 0. The molecule has 0 N–H and O–H groups in total. The zero-order chi connectivity index (χ0) is 11.5. The molecular weight excluding hydrogens is 206 g/mol. The first-order valence-corrected chi connectivity index (χ1v) is 4.99. The van der Waals surface area contributed by atoms with Crippen molar-refractivity contribution < 1.29 is 14.3 Å². The Morgan fingerprint density at radius 1 is 1.38 bits per heavy atom. The molecule has 0 bridgehead atoms. The molecule has 0 spiro atoms. The van der Waals surface area contributed by atoms with Crippen molar-refractivity contribution in [1.29, 1.82) is 0 Å². The number of hydrogen-bond acceptors (Lipinski definition) is 3. The van der Waals surface area contributed by atoms with E-state index in [1.807, 2.05) is 37.3 Å². The van der Waals surface area contributed by atoms with Crippen LogP contribution < -0.4 is 0 Å². The summed E-state index contributed by atoms with van der Waals surface area (Å²) in [6, 6.07) is 9.25. The number of amides is 1. The second-order valence-electron chi connectivity index (χ2n) is 3.61. The van der Waals surface area contributed by atoms with Gasteiger partial charge in [0.1, 0.15) is 12.0 Å². The van der Waals surface area contributed by atoms with E-state index in [-0.39, 0.29) is 12.1 Å². The Kier molecular flexibility index (Phi) is 2.75. The van der Waals surface area contributed by atoms with Crippen LogP contribution in [0, 0.1) is 0 Å². The van der Waals surface area contributed by atoms with E-state index < -0.39 is 6.09 Å². The number of carbonyl (C=O) groups excluding carboxylic acids is 2. The molecule has 4 heteroatoms. The molecule has 1 aromatic carbocycles. The van der Waals surface area contributed by atoms with Crippen LogP contribution in [-0.4, -0.2) is 23.0 Å². The first-order valence-electron chi connectivity index (χ1n) is 4.99. The maximum absolute atomic E-state index is 11.5. The van der Waals surface area contributed by atoms with Crippen LogP contribution in [0.25, 0.3) is 0 Å². The van der Waals surface area contributed by atoms with E-state index >= 15 is 0 Å². The van der Waals surface area contributed by atoms with E-state index in [9.17, 15) is 9.59 Å². The summed E-state index contributed by atoms with van der Waals surface area (Å²) in [5, 5.41) is 0. The lowest BCUT2D eigenvalue weighted by atomic mass is 10.0. The fourth-order valence-electron chi connectivity index (χ4n) is 1.80. The Hall–Kier alpha value is -2.06. The lowest BCUT2D eigenvalue weighted by Crippen LogP contribution is -2.26. The highest BCUT2D eigenvalue weighted by Crippen LogP contribution is 2.31. The van der Waals surface area contributed by atoms with Crippen LogP contribution in [0.15, 0.2) is 36.5 Å². The molecule has 1 aromatic rings. The largest absolute Gasteiger partial charge is 0.439 e. The number of carbonyl (C=O) groups is 1. The van der Waals surface area contributed by atoms with Crippen LogP contribution in [0.5, 0.6) is 0 Å². The number of benzene rings is 1. The minimum Gasteiger partial charge on any atom is -0.439 e. The smallest absolute Gasteiger partial charge is 0.415 e. The van der Waals surface area contributed by atoms with Gasteiger partial charge in [0.2, 0.25) is 0 Å². The zero-order valence-corrected chi connectivity index (χ0v) is 8.79. The maximum atomic E-state index is 11.5. The van der Waals surface area contributed by atoms with Crippen LogP contribution in [0.2, 0.25) is 0 Å². The van der Waals surface area contributed by atoms with Crippen LogP contribution in [0.1, 0.15) is 18.6 Å². The highest BCUT2D eigenvalue weighted by molar-refractivity contribution is 5.74. The molecule has 2 rings (SSSR count). The summed E-state index contributed by atoms with van der Waals surface area (Å²) in [4.78, 5) is 23.0. The van der Waals surface area contributed by atoms with Crippen molar-refractivity contribution in [2.24, 2.45) is 0 Å². The molecule has 0 radical (unpaired) electrons. The zero-order valence-electron chi connectivity index (χ0n) is 8.79. The Morgan fingerprint density at radius 2 is 2.06 bits per heavy atom. The third kappa shape index (κ3) is 1.71. The summed E-state index contributed by atoms with van der Waals surface area (Å²) in [5.41, 5.74) is 0.921. The maximum Gasteiger partial charge on any atom is 0.415 e. The van der Waals surface area contributed by atoms with E-state index in [4.69, 9.17) is 4.74 Å². The highest BCUT2D eigenvalue weighted by atomic mass is 16.6. The van der Waals surface area contributed by atoms with Crippen molar-refractivity contribution in [3.8, 4) is 0 Å².